The minimum Gasteiger partial charge on any atom is -0.352 e. The highest BCUT2D eigenvalue weighted by atomic mass is 32.1. The molecule has 24 heavy (non-hydrogen) atoms. The molecule has 0 aromatic carbocycles. The number of hydrogen-bond acceptors (Lipinski definition) is 5. The molecule has 0 saturated carbocycles. The molecule has 0 N–H and O–H groups in total. The lowest BCUT2D eigenvalue weighted by Gasteiger charge is -2.35. The van der Waals surface area contributed by atoms with Crippen LogP contribution >= 0.6 is 11.3 Å². The molecular weight excluding hydrogens is 320 g/mol. The Morgan fingerprint density at radius 3 is 2.83 bits per heavy atom. The zero-order valence-corrected chi connectivity index (χ0v) is 14.8. The van der Waals surface area contributed by atoms with Crippen molar-refractivity contribution in [2.45, 2.75) is 26.2 Å². The molecule has 4 rings (SSSR count). The molecule has 0 radical (unpaired) electrons. The molecule has 6 heteroatoms. The number of aryl methyl sites for hydroxylation is 1. The average Bonchev–Trinajstić information content (AvgIpc) is 3.05. The minimum atomic E-state index is 0.195. The second-order valence-electron chi connectivity index (χ2n) is 6.75. The number of piperazine rings is 1. The zero-order valence-electron chi connectivity index (χ0n) is 13.9. The van der Waals surface area contributed by atoms with Crippen LogP contribution in [0.5, 0.6) is 0 Å². The monoisotopic (exact) mass is 342 g/mol. The van der Waals surface area contributed by atoms with Gasteiger partial charge in [0.1, 0.15) is 5.82 Å². The summed E-state index contributed by atoms with van der Waals surface area (Å²) in [5.74, 6) is 1.83. The van der Waals surface area contributed by atoms with E-state index in [0.29, 0.717) is 0 Å². The standard InChI is InChI=1S/C18H22N4OS/c1-13-2-3-15-14(10-13)11-16(24-15)18(23)22-8-6-21(7-9-22)17-12-19-4-5-20-17/h4-5,11-13H,2-3,6-10H2,1H3/t13-/m1/s1. The number of hydrogen-bond donors (Lipinski definition) is 0. The number of carbonyl (C=O) groups excluding carboxylic acids is 1. The fourth-order valence-corrected chi connectivity index (χ4v) is 4.74. The predicted octanol–water partition coefficient (Wildman–Crippen LogP) is 2.63. The Kier molecular flexibility index (Phi) is 4.22. The first-order chi connectivity index (χ1) is 11.7. The van der Waals surface area contributed by atoms with Gasteiger partial charge >= 0.3 is 0 Å². The lowest BCUT2D eigenvalue weighted by Crippen LogP contribution is -2.48. The van der Waals surface area contributed by atoms with E-state index in [9.17, 15) is 4.79 Å². The lowest BCUT2D eigenvalue weighted by atomic mass is 9.90. The van der Waals surface area contributed by atoms with Gasteiger partial charge in [-0.1, -0.05) is 6.92 Å². The van der Waals surface area contributed by atoms with Crippen molar-refractivity contribution in [3.8, 4) is 0 Å². The summed E-state index contributed by atoms with van der Waals surface area (Å²) in [6, 6.07) is 2.15. The summed E-state index contributed by atoms with van der Waals surface area (Å²) in [6.07, 6.45) is 8.69. The van der Waals surface area contributed by atoms with Gasteiger partial charge in [-0.25, -0.2) is 4.98 Å². The molecule has 0 unspecified atom stereocenters. The summed E-state index contributed by atoms with van der Waals surface area (Å²) in [6.45, 7) is 5.41. The Morgan fingerprint density at radius 1 is 1.25 bits per heavy atom. The van der Waals surface area contributed by atoms with Gasteiger partial charge in [0, 0.05) is 43.4 Å². The smallest absolute Gasteiger partial charge is 0.264 e. The minimum absolute atomic E-state index is 0.195. The average molecular weight is 342 g/mol. The van der Waals surface area contributed by atoms with Crippen LogP contribution in [0.2, 0.25) is 0 Å². The molecule has 126 valence electrons. The third kappa shape index (κ3) is 3.02. The molecule has 2 aromatic rings. The van der Waals surface area contributed by atoms with E-state index in [1.54, 1.807) is 29.9 Å². The van der Waals surface area contributed by atoms with Crippen molar-refractivity contribution in [3.63, 3.8) is 0 Å². The highest BCUT2D eigenvalue weighted by Gasteiger charge is 2.26. The number of nitrogens with zero attached hydrogens (tertiary/aromatic N) is 4. The second-order valence-corrected chi connectivity index (χ2v) is 7.89. The molecule has 0 spiro atoms. The van der Waals surface area contributed by atoms with Crippen molar-refractivity contribution in [3.05, 3.63) is 40.0 Å². The van der Waals surface area contributed by atoms with E-state index in [1.807, 2.05) is 4.90 Å². The number of fused-ring (bicyclic) bond motifs is 1. The van der Waals surface area contributed by atoms with Crippen LogP contribution in [-0.4, -0.2) is 47.0 Å². The van der Waals surface area contributed by atoms with E-state index in [-0.39, 0.29) is 5.91 Å². The largest absolute Gasteiger partial charge is 0.352 e. The Morgan fingerprint density at radius 2 is 2.08 bits per heavy atom. The molecule has 1 aliphatic heterocycles. The molecule has 2 aliphatic rings. The maximum absolute atomic E-state index is 12.8. The first kappa shape index (κ1) is 15.6. The summed E-state index contributed by atoms with van der Waals surface area (Å²) in [5, 5.41) is 0. The first-order valence-electron chi connectivity index (χ1n) is 8.62. The third-order valence-electron chi connectivity index (χ3n) is 4.98. The number of rotatable bonds is 2. The van der Waals surface area contributed by atoms with Crippen molar-refractivity contribution < 1.29 is 4.79 Å². The molecular formula is C18H22N4OS. The molecule has 0 bridgehead atoms. The van der Waals surface area contributed by atoms with Crippen LogP contribution in [0.15, 0.2) is 24.7 Å². The van der Waals surface area contributed by atoms with Gasteiger partial charge in [-0.3, -0.25) is 9.78 Å². The van der Waals surface area contributed by atoms with Gasteiger partial charge in [0.25, 0.3) is 5.91 Å². The fraction of sp³-hybridized carbons (Fsp3) is 0.500. The van der Waals surface area contributed by atoms with E-state index in [2.05, 4.69) is 27.9 Å². The van der Waals surface area contributed by atoms with Gasteiger partial charge < -0.3 is 9.80 Å². The number of carbonyl (C=O) groups is 1. The lowest BCUT2D eigenvalue weighted by molar-refractivity contribution is 0.0751. The van der Waals surface area contributed by atoms with E-state index in [4.69, 9.17) is 0 Å². The summed E-state index contributed by atoms with van der Waals surface area (Å²) in [7, 11) is 0. The van der Waals surface area contributed by atoms with Crippen LogP contribution in [0.25, 0.3) is 0 Å². The predicted molar refractivity (Wildman–Crippen MR) is 95.7 cm³/mol. The van der Waals surface area contributed by atoms with Gasteiger partial charge in [-0.2, -0.15) is 0 Å². The van der Waals surface area contributed by atoms with Crippen LogP contribution in [0.3, 0.4) is 0 Å². The molecule has 1 fully saturated rings. The Balaban J connectivity index is 1.42. The number of amides is 1. The molecule has 3 heterocycles. The maximum atomic E-state index is 12.8. The van der Waals surface area contributed by atoms with Crippen molar-refractivity contribution in [1.29, 1.82) is 0 Å². The van der Waals surface area contributed by atoms with Gasteiger partial charge in [-0.05, 0) is 36.8 Å². The SMILES string of the molecule is C[C@@H]1CCc2sc(C(=O)N3CCN(c4cnccn4)CC3)cc2C1. The quantitative estimate of drug-likeness (QED) is 0.842. The van der Waals surface area contributed by atoms with Crippen LogP contribution in [-0.2, 0) is 12.8 Å². The van der Waals surface area contributed by atoms with Crippen LogP contribution < -0.4 is 4.90 Å². The number of anilines is 1. The van der Waals surface area contributed by atoms with E-state index in [1.165, 1.54) is 16.9 Å². The normalized spacial score (nSPS) is 20.8. The van der Waals surface area contributed by atoms with Gasteiger partial charge in [0.15, 0.2) is 0 Å². The Hall–Kier alpha value is -1.95. The topological polar surface area (TPSA) is 49.3 Å². The van der Waals surface area contributed by atoms with E-state index in [0.717, 1.165) is 55.6 Å². The maximum Gasteiger partial charge on any atom is 0.264 e. The second kappa shape index (κ2) is 6.51. The molecule has 1 saturated heterocycles. The van der Waals surface area contributed by atoms with Crippen molar-refractivity contribution >= 4 is 23.1 Å². The van der Waals surface area contributed by atoms with Gasteiger partial charge in [0.05, 0.1) is 11.1 Å². The summed E-state index contributed by atoms with van der Waals surface area (Å²) in [4.78, 5) is 27.8. The highest BCUT2D eigenvalue weighted by molar-refractivity contribution is 7.14. The highest BCUT2D eigenvalue weighted by Crippen LogP contribution is 2.32. The van der Waals surface area contributed by atoms with Crippen molar-refractivity contribution in [1.82, 2.24) is 14.9 Å². The van der Waals surface area contributed by atoms with Crippen LogP contribution in [0.4, 0.5) is 5.82 Å². The zero-order chi connectivity index (χ0) is 16.5. The van der Waals surface area contributed by atoms with E-state index >= 15 is 0 Å². The van der Waals surface area contributed by atoms with Gasteiger partial charge in [0.2, 0.25) is 0 Å². The van der Waals surface area contributed by atoms with Gasteiger partial charge in [-0.15, -0.1) is 11.3 Å². The number of thiophene rings is 1. The molecule has 1 amide bonds. The third-order valence-corrected chi connectivity index (χ3v) is 6.21. The Bertz CT molecular complexity index is 722. The van der Waals surface area contributed by atoms with Crippen LogP contribution in [0.1, 0.15) is 33.5 Å². The summed E-state index contributed by atoms with van der Waals surface area (Å²) >= 11 is 1.71. The fourth-order valence-electron chi connectivity index (χ4n) is 3.56. The van der Waals surface area contributed by atoms with E-state index < -0.39 is 0 Å². The molecule has 1 aliphatic carbocycles. The van der Waals surface area contributed by atoms with Crippen LogP contribution in [0, 0.1) is 5.92 Å². The van der Waals surface area contributed by atoms with Crippen molar-refractivity contribution in [2.24, 2.45) is 5.92 Å². The number of aromatic nitrogens is 2. The first-order valence-corrected chi connectivity index (χ1v) is 9.44. The summed E-state index contributed by atoms with van der Waals surface area (Å²) < 4.78 is 0. The Labute approximate surface area is 146 Å². The summed E-state index contributed by atoms with van der Waals surface area (Å²) in [5.41, 5.74) is 1.40. The molecule has 5 nitrogen and oxygen atoms in total. The van der Waals surface area contributed by atoms with Crippen molar-refractivity contribution in [2.75, 3.05) is 31.1 Å². The molecule has 2 aromatic heterocycles. The molecule has 1 atom stereocenters.